The highest BCUT2D eigenvalue weighted by Crippen LogP contribution is 2.43. The highest BCUT2D eigenvalue weighted by Gasteiger charge is 2.39. The smallest absolute Gasteiger partial charge is 0.0142 e. The van der Waals surface area contributed by atoms with Gasteiger partial charge in [-0.1, -0.05) is 67.6 Å². The Morgan fingerprint density at radius 2 is 1.45 bits per heavy atom. The van der Waals surface area contributed by atoms with E-state index in [1.807, 2.05) is 0 Å². The number of hydrogen-bond acceptors (Lipinski definition) is 1. The summed E-state index contributed by atoms with van der Waals surface area (Å²) in [5, 5.41) is 0. The third-order valence-corrected chi connectivity index (χ3v) is 4.78. The van der Waals surface area contributed by atoms with Gasteiger partial charge in [0.1, 0.15) is 0 Å². The molecule has 2 aromatic carbocycles. The molecular formula is C19H23N. The Kier molecular flexibility index (Phi) is 3.88. The monoisotopic (exact) mass is 265 g/mol. The van der Waals surface area contributed by atoms with Crippen LogP contribution in [-0.4, -0.2) is 24.0 Å². The van der Waals surface area contributed by atoms with Crippen LogP contribution in [0.4, 0.5) is 0 Å². The lowest BCUT2D eigenvalue weighted by molar-refractivity contribution is 0.273. The quantitative estimate of drug-likeness (QED) is 0.800. The molecule has 1 fully saturated rings. The maximum absolute atomic E-state index is 2.61. The van der Waals surface area contributed by atoms with Gasteiger partial charge in [-0.2, -0.15) is 0 Å². The van der Waals surface area contributed by atoms with Gasteiger partial charge >= 0.3 is 0 Å². The van der Waals surface area contributed by atoms with E-state index < -0.39 is 0 Å². The van der Waals surface area contributed by atoms with Crippen LogP contribution in [0.2, 0.25) is 0 Å². The van der Waals surface area contributed by atoms with Crippen molar-refractivity contribution in [1.82, 2.24) is 4.90 Å². The lowest BCUT2D eigenvalue weighted by Crippen LogP contribution is -2.28. The zero-order valence-corrected chi connectivity index (χ0v) is 12.4. The molecule has 1 heteroatoms. The van der Waals surface area contributed by atoms with E-state index >= 15 is 0 Å². The third kappa shape index (κ3) is 2.38. The summed E-state index contributed by atoms with van der Waals surface area (Å²) in [5.74, 6) is 1.20. The van der Waals surface area contributed by atoms with E-state index in [9.17, 15) is 0 Å². The second-order valence-corrected chi connectivity index (χ2v) is 5.78. The molecule has 0 aromatic heterocycles. The molecule has 104 valence electrons. The molecule has 3 atom stereocenters. The highest BCUT2D eigenvalue weighted by atomic mass is 15.2. The summed E-state index contributed by atoms with van der Waals surface area (Å²) in [6, 6.07) is 22.6. The molecule has 3 rings (SSSR count). The van der Waals surface area contributed by atoms with Crippen molar-refractivity contribution >= 4 is 0 Å². The van der Waals surface area contributed by atoms with E-state index in [-0.39, 0.29) is 0 Å². The fourth-order valence-electron chi connectivity index (χ4n) is 3.71. The molecule has 2 aromatic rings. The lowest BCUT2D eigenvalue weighted by Gasteiger charge is -2.25. The molecule has 1 nitrogen and oxygen atoms in total. The minimum absolute atomic E-state index is 0.596. The molecule has 0 aliphatic carbocycles. The van der Waals surface area contributed by atoms with Crippen LogP contribution in [0.1, 0.15) is 36.8 Å². The molecule has 20 heavy (non-hydrogen) atoms. The van der Waals surface area contributed by atoms with Crippen molar-refractivity contribution in [3.05, 3.63) is 71.8 Å². The lowest BCUT2D eigenvalue weighted by atomic mass is 9.81. The van der Waals surface area contributed by atoms with Crippen molar-refractivity contribution in [2.75, 3.05) is 13.1 Å². The van der Waals surface area contributed by atoms with Crippen LogP contribution < -0.4 is 0 Å². The average Bonchev–Trinajstić information content (AvgIpc) is 2.86. The molecule has 1 saturated heterocycles. The Hall–Kier alpha value is -1.60. The summed E-state index contributed by atoms with van der Waals surface area (Å²) in [6.07, 6.45) is 0. The molecule has 1 aliphatic rings. The van der Waals surface area contributed by atoms with Crippen LogP contribution in [-0.2, 0) is 0 Å². The maximum Gasteiger partial charge on any atom is 0.0142 e. The Morgan fingerprint density at radius 1 is 0.900 bits per heavy atom. The van der Waals surface area contributed by atoms with Crippen molar-refractivity contribution in [2.45, 2.75) is 31.7 Å². The highest BCUT2D eigenvalue weighted by molar-refractivity contribution is 5.32. The normalized spacial score (nSPS) is 26.8. The number of rotatable bonds is 3. The molecule has 0 N–H and O–H groups in total. The molecule has 0 radical (unpaired) electrons. The zero-order chi connectivity index (χ0) is 13.9. The standard InChI is InChI=1S/C19H23N/c1-3-20-14-18(16-10-6-4-7-11-16)19(15(20)2)17-12-8-5-9-13-17/h4-13,15,18-19H,3,14H2,1-2H3/t15-,18+,19+/m0/s1. The summed E-state index contributed by atoms with van der Waals surface area (Å²) in [7, 11) is 0. The number of nitrogens with zero attached hydrogens (tertiary/aromatic N) is 1. The molecule has 0 saturated carbocycles. The van der Waals surface area contributed by atoms with Crippen molar-refractivity contribution in [1.29, 1.82) is 0 Å². The van der Waals surface area contributed by atoms with E-state index in [4.69, 9.17) is 0 Å². The molecule has 1 aliphatic heterocycles. The van der Waals surface area contributed by atoms with Crippen LogP contribution in [0.3, 0.4) is 0 Å². The van der Waals surface area contributed by atoms with Gasteiger partial charge in [0.2, 0.25) is 0 Å². The van der Waals surface area contributed by atoms with Gasteiger partial charge in [-0.15, -0.1) is 0 Å². The van der Waals surface area contributed by atoms with Gasteiger partial charge in [0.25, 0.3) is 0 Å². The summed E-state index contributed by atoms with van der Waals surface area (Å²) in [6.45, 7) is 6.95. The number of likely N-dealkylation sites (N-methyl/N-ethyl adjacent to an activating group) is 1. The Bertz CT molecular complexity index is 534. The van der Waals surface area contributed by atoms with Crippen LogP contribution >= 0.6 is 0 Å². The van der Waals surface area contributed by atoms with Gasteiger partial charge in [0, 0.05) is 24.4 Å². The fraction of sp³-hybridized carbons (Fsp3) is 0.368. The number of likely N-dealkylation sites (tertiary alicyclic amines) is 1. The molecule has 0 spiro atoms. The van der Waals surface area contributed by atoms with Gasteiger partial charge in [-0.3, -0.25) is 4.90 Å². The van der Waals surface area contributed by atoms with E-state index in [1.165, 1.54) is 17.7 Å². The Labute approximate surface area is 122 Å². The van der Waals surface area contributed by atoms with Crippen molar-refractivity contribution in [2.24, 2.45) is 0 Å². The van der Waals surface area contributed by atoms with Crippen LogP contribution in [0, 0.1) is 0 Å². The summed E-state index contributed by atoms with van der Waals surface area (Å²) >= 11 is 0. The summed E-state index contributed by atoms with van der Waals surface area (Å²) in [4.78, 5) is 2.61. The predicted molar refractivity (Wildman–Crippen MR) is 85.1 cm³/mol. The van der Waals surface area contributed by atoms with E-state index in [0.29, 0.717) is 17.9 Å². The van der Waals surface area contributed by atoms with Gasteiger partial charge < -0.3 is 0 Å². The molecule has 1 heterocycles. The van der Waals surface area contributed by atoms with E-state index in [2.05, 4.69) is 79.4 Å². The molecule has 0 bridgehead atoms. The summed E-state index contributed by atoms with van der Waals surface area (Å²) in [5.41, 5.74) is 2.95. The summed E-state index contributed by atoms with van der Waals surface area (Å²) < 4.78 is 0. The predicted octanol–water partition coefficient (Wildman–Crippen LogP) is 4.28. The average molecular weight is 265 g/mol. The first kappa shape index (κ1) is 13.4. The van der Waals surface area contributed by atoms with Crippen molar-refractivity contribution < 1.29 is 0 Å². The second-order valence-electron chi connectivity index (χ2n) is 5.78. The molecule has 0 unspecified atom stereocenters. The first-order valence-electron chi connectivity index (χ1n) is 7.65. The molecule has 0 amide bonds. The largest absolute Gasteiger partial charge is 0.300 e. The van der Waals surface area contributed by atoms with E-state index in [0.717, 1.165) is 6.54 Å². The first-order chi connectivity index (χ1) is 9.81. The third-order valence-electron chi connectivity index (χ3n) is 4.78. The Balaban J connectivity index is 1.99. The van der Waals surface area contributed by atoms with Crippen LogP contribution in [0.15, 0.2) is 60.7 Å². The Morgan fingerprint density at radius 3 is 2.00 bits per heavy atom. The van der Waals surface area contributed by atoms with Crippen LogP contribution in [0.25, 0.3) is 0 Å². The first-order valence-corrected chi connectivity index (χ1v) is 7.65. The van der Waals surface area contributed by atoms with Gasteiger partial charge in [-0.05, 0) is 24.6 Å². The van der Waals surface area contributed by atoms with Crippen molar-refractivity contribution in [3.63, 3.8) is 0 Å². The van der Waals surface area contributed by atoms with Gasteiger partial charge in [0.15, 0.2) is 0 Å². The number of hydrogen-bond donors (Lipinski definition) is 0. The van der Waals surface area contributed by atoms with Gasteiger partial charge in [0.05, 0.1) is 0 Å². The fourth-order valence-corrected chi connectivity index (χ4v) is 3.71. The van der Waals surface area contributed by atoms with Gasteiger partial charge in [-0.25, -0.2) is 0 Å². The van der Waals surface area contributed by atoms with Crippen LogP contribution in [0.5, 0.6) is 0 Å². The second kappa shape index (κ2) is 5.80. The van der Waals surface area contributed by atoms with Crippen molar-refractivity contribution in [3.8, 4) is 0 Å². The minimum Gasteiger partial charge on any atom is -0.300 e. The minimum atomic E-state index is 0.596. The molecular weight excluding hydrogens is 242 g/mol. The number of benzene rings is 2. The SMILES string of the molecule is CCN1C[C@H](c2ccccc2)[C@@H](c2ccccc2)[C@@H]1C. The maximum atomic E-state index is 2.61. The van der Waals surface area contributed by atoms with E-state index in [1.54, 1.807) is 0 Å². The zero-order valence-electron chi connectivity index (χ0n) is 12.4. The topological polar surface area (TPSA) is 3.24 Å².